The van der Waals surface area contributed by atoms with E-state index in [4.69, 9.17) is 0 Å². The third-order valence-electron chi connectivity index (χ3n) is 2.74. The van der Waals surface area contributed by atoms with Gasteiger partial charge in [0.2, 0.25) is 6.67 Å². The summed E-state index contributed by atoms with van der Waals surface area (Å²) in [6, 6.07) is 0.393. The van der Waals surface area contributed by atoms with Crippen molar-refractivity contribution in [2.45, 2.75) is 32.7 Å². The summed E-state index contributed by atoms with van der Waals surface area (Å²) in [4.78, 5) is 17.3. The van der Waals surface area contributed by atoms with Gasteiger partial charge in [0, 0.05) is 31.5 Å². The summed E-state index contributed by atoms with van der Waals surface area (Å²) in [6.45, 7) is 8.94. The van der Waals surface area contributed by atoms with Gasteiger partial charge in [-0.1, -0.05) is 0 Å². The first kappa shape index (κ1) is 10.3. The number of hydrogen-bond donors (Lipinski definition) is 0. The monoisotopic (exact) mass is 207 g/mol. The molecule has 4 nitrogen and oxygen atoms in total. The molecule has 2 amide bonds. The molecule has 2 aliphatic heterocycles. The van der Waals surface area contributed by atoms with E-state index in [1.54, 1.807) is 11.1 Å². The predicted molar refractivity (Wildman–Crippen MR) is 57.4 cm³/mol. The lowest BCUT2D eigenvalue weighted by Crippen LogP contribution is -2.38. The molecule has 0 aliphatic carbocycles. The Labute approximate surface area is 91.1 Å². The van der Waals surface area contributed by atoms with Crippen LogP contribution < -0.4 is 0 Å². The normalized spacial score (nSPS) is 20.9. The van der Waals surface area contributed by atoms with Gasteiger partial charge in [0.15, 0.2) is 0 Å². The molecule has 2 aliphatic rings. The van der Waals surface area contributed by atoms with Gasteiger partial charge in [-0.15, -0.1) is 0 Å². The quantitative estimate of drug-likeness (QED) is 0.654. The minimum absolute atomic E-state index is 0.0481. The molecule has 0 N–H and O–H groups in total. The van der Waals surface area contributed by atoms with Gasteiger partial charge in [0.1, 0.15) is 0 Å². The van der Waals surface area contributed by atoms with E-state index < -0.39 is 0 Å². The molecule has 0 saturated carbocycles. The van der Waals surface area contributed by atoms with Crippen molar-refractivity contribution in [3.63, 3.8) is 0 Å². The van der Waals surface area contributed by atoms with Crippen molar-refractivity contribution in [2.75, 3.05) is 13.1 Å². The van der Waals surface area contributed by atoms with E-state index in [9.17, 15) is 4.79 Å². The molecule has 15 heavy (non-hydrogen) atoms. The van der Waals surface area contributed by atoms with Crippen LogP contribution in [0.1, 0.15) is 26.7 Å². The Morgan fingerprint density at radius 3 is 2.47 bits per heavy atom. The van der Waals surface area contributed by atoms with Crippen LogP contribution in [0, 0.1) is 6.67 Å². The number of carbonyl (C=O) groups excluding carboxylic acids is 1. The van der Waals surface area contributed by atoms with Gasteiger partial charge in [0.05, 0.1) is 0 Å². The smallest absolute Gasteiger partial charge is 0.326 e. The van der Waals surface area contributed by atoms with Crippen LogP contribution in [-0.2, 0) is 0 Å². The van der Waals surface area contributed by atoms with Crippen molar-refractivity contribution in [3.05, 3.63) is 19.1 Å². The van der Waals surface area contributed by atoms with Crippen LogP contribution in [0.4, 0.5) is 4.79 Å². The van der Waals surface area contributed by atoms with Crippen molar-refractivity contribution in [3.8, 4) is 0 Å². The molecule has 0 aromatic heterocycles. The number of urea groups is 1. The number of likely N-dealkylation sites (tertiary alicyclic amines) is 1. The predicted octanol–water partition coefficient (Wildman–Crippen LogP) is 1.70. The fourth-order valence-electron chi connectivity index (χ4n) is 1.78. The molecule has 0 aromatic rings. The average Bonchev–Trinajstić information content (AvgIpc) is 2.88. The highest BCUT2D eigenvalue weighted by molar-refractivity contribution is 5.76. The van der Waals surface area contributed by atoms with Gasteiger partial charge < -0.3 is 9.80 Å². The number of nitrogens with zero attached hydrogens (tertiary/aromatic N) is 3. The second kappa shape index (κ2) is 4.13. The lowest BCUT2D eigenvalue weighted by Gasteiger charge is -2.24. The first-order valence-electron chi connectivity index (χ1n) is 5.49. The molecule has 0 atom stereocenters. The molecule has 82 valence electrons. The van der Waals surface area contributed by atoms with Gasteiger partial charge in [-0.05, 0) is 26.7 Å². The van der Waals surface area contributed by atoms with Crippen LogP contribution >= 0.6 is 0 Å². The van der Waals surface area contributed by atoms with Gasteiger partial charge in [-0.3, -0.25) is 4.90 Å². The summed E-state index contributed by atoms with van der Waals surface area (Å²) >= 11 is 0. The Balaban J connectivity index is 1.90. The zero-order valence-corrected chi connectivity index (χ0v) is 9.31. The van der Waals surface area contributed by atoms with Crippen LogP contribution in [0.5, 0.6) is 0 Å². The fraction of sp³-hybridized carbons (Fsp3) is 0.636. The maximum Gasteiger partial charge on any atom is 0.326 e. The van der Waals surface area contributed by atoms with Crippen LogP contribution in [0.25, 0.3) is 0 Å². The topological polar surface area (TPSA) is 26.8 Å². The zero-order valence-electron chi connectivity index (χ0n) is 9.31. The Kier molecular flexibility index (Phi) is 2.84. The van der Waals surface area contributed by atoms with Gasteiger partial charge >= 0.3 is 6.03 Å². The third-order valence-corrected chi connectivity index (χ3v) is 2.74. The second-order valence-electron chi connectivity index (χ2n) is 4.25. The maximum absolute atomic E-state index is 11.9. The molecule has 2 radical (unpaired) electrons. The fourth-order valence-corrected chi connectivity index (χ4v) is 1.78. The van der Waals surface area contributed by atoms with E-state index >= 15 is 0 Å². The largest absolute Gasteiger partial charge is 0.343 e. The molecule has 1 fully saturated rings. The summed E-state index contributed by atoms with van der Waals surface area (Å²) in [5.74, 6) is 0. The molecule has 2 heterocycles. The molecule has 0 aromatic carbocycles. The first-order chi connectivity index (χ1) is 7.18. The second-order valence-corrected chi connectivity index (χ2v) is 4.25. The van der Waals surface area contributed by atoms with Crippen molar-refractivity contribution in [2.24, 2.45) is 0 Å². The summed E-state index contributed by atoms with van der Waals surface area (Å²) in [5.41, 5.74) is 0. The lowest BCUT2D eigenvalue weighted by atomic mass is 10.4. The standard InChI is InChI=1S/C11H17N3O/c1-10(2)13-7-8-14(9-13)11(15)12-5-3-4-6-12/h7-8,10H,3-6H2,1-2H3. The van der Waals surface area contributed by atoms with Crippen molar-refractivity contribution in [1.82, 2.24) is 14.7 Å². The highest BCUT2D eigenvalue weighted by atomic mass is 16.2. The van der Waals surface area contributed by atoms with Crippen molar-refractivity contribution < 1.29 is 4.79 Å². The van der Waals surface area contributed by atoms with Crippen molar-refractivity contribution >= 4 is 6.03 Å². The average molecular weight is 207 g/mol. The zero-order chi connectivity index (χ0) is 10.8. The third kappa shape index (κ3) is 2.08. The van der Waals surface area contributed by atoms with Crippen molar-refractivity contribution in [1.29, 1.82) is 0 Å². The number of rotatable bonds is 1. The van der Waals surface area contributed by atoms with Gasteiger partial charge in [-0.25, -0.2) is 4.79 Å². The summed E-state index contributed by atoms with van der Waals surface area (Å²) in [7, 11) is 0. The van der Waals surface area contributed by atoms with E-state index in [0.717, 1.165) is 25.9 Å². The minimum Gasteiger partial charge on any atom is -0.343 e. The number of hydrogen-bond acceptors (Lipinski definition) is 2. The highest BCUT2D eigenvalue weighted by Crippen LogP contribution is 2.18. The summed E-state index contributed by atoms with van der Waals surface area (Å²) in [5, 5.41) is 0. The van der Waals surface area contributed by atoms with E-state index in [-0.39, 0.29) is 6.03 Å². The number of amides is 2. The molecule has 4 heteroatoms. The summed E-state index contributed by atoms with van der Waals surface area (Å²) < 4.78 is 0. The molecule has 2 rings (SSSR count). The van der Waals surface area contributed by atoms with Crippen LogP contribution in [0.15, 0.2) is 12.4 Å². The Morgan fingerprint density at radius 2 is 1.93 bits per heavy atom. The van der Waals surface area contributed by atoms with Crippen LogP contribution in [0.3, 0.4) is 0 Å². The van der Waals surface area contributed by atoms with Gasteiger partial charge in [0.25, 0.3) is 0 Å². The molecule has 0 bridgehead atoms. The van der Waals surface area contributed by atoms with Crippen LogP contribution in [0.2, 0.25) is 0 Å². The first-order valence-corrected chi connectivity index (χ1v) is 5.49. The van der Waals surface area contributed by atoms with E-state index in [2.05, 4.69) is 20.5 Å². The molecule has 1 saturated heterocycles. The maximum atomic E-state index is 11.9. The van der Waals surface area contributed by atoms with E-state index in [0.29, 0.717) is 6.04 Å². The summed E-state index contributed by atoms with van der Waals surface area (Å²) in [6.07, 6.45) is 5.91. The highest BCUT2D eigenvalue weighted by Gasteiger charge is 2.27. The van der Waals surface area contributed by atoms with Crippen LogP contribution in [-0.4, -0.2) is 39.9 Å². The molecular formula is C11H17N3O. The number of carbonyl (C=O) groups is 1. The molecule has 0 spiro atoms. The Hall–Kier alpha value is -1.19. The van der Waals surface area contributed by atoms with E-state index in [1.165, 1.54) is 0 Å². The Morgan fingerprint density at radius 1 is 1.27 bits per heavy atom. The van der Waals surface area contributed by atoms with Gasteiger partial charge in [-0.2, -0.15) is 0 Å². The minimum atomic E-state index is 0.0481. The lowest BCUT2D eigenvalue weighted by molar-refractivity contribution is 0.180. The Bertz CT molecular complexity index is 269. The SMILES string of the molecule is CC(C)N1[C]N(C(=O)N2CCCC2)C=C1. The molecule has 0 unspecified atom stereocenters. The molecular weight excluding hydrogens is 190 g/mol. The van der Waals surface area contributed by atoms with E-state index in [1.807, 2.05) is 16.0 Å².